The van der Waals surface area contributed by atoms with Gasteiger partial charge in [-0.25, -0.2) is 4.39 Å². The van der Waals surface area contributed by atoms with E-state index < -0.39 is 5.82 Å². The van der Waals surface area contributed by atoms with E-state index in [1.165, 1.54) is 6.07 Å². The number of ether oxygens (including phenoxy) is 2. The Morgan fingerprint density at radius 3 is 2.76 bits per heavy atom. The molecule has 0 aliphatic carbocycles. The molecule has 1 unspecified atom stereocenters. The third-order valence-corrected chi connectivity index (χ3v) is 3.04. The van der Waals surface area contributed by atoms with Crippen LogP contribution < -0.4 is 10.5 Å². The van der Waals surface area contributed by atoms with Crippen molar-refractivity contribution in [3.05, 3.63) is 28.0 Å². The van der Waals surface area contributed by atoms with Crippen molar-refractivity contribution in [2.45, 2.75) is 13.0 Å². The number of rotatable bonds is 5. The van der Waals surface area contributed by atoms with E-state index >= 15 is 0 Å². The second kappa shape index (κ2) is 6.28. The minimum atomic E-state index is -0.516. The van der Waals surface area contributed by atoms with Crippen molar-refractivity contribution in [2.24, 2.45) is 5.73 Å². The minimum Gasteiger partial charge on any atom is -0.485 e. The first-order valence-electron chi connectivity index (χ1n) is 4.90. The van der Waals surface area contributed by atoms with Crippen LogP contribution in [0.4, 0.5) is 4.39 Å². The Morgan fingerprint density at radius 1 is 1.59 bits per heavy atom. The Kier molecular flexibility index (Phi) is 5.30. The fraction of sp³-hybridized carbons (Fsp3) is 0.364. The fourth-order valence-corrected chi connectivity index (χ4v) is 2.14. The summed E-state index contributed by atoms with van der Waals surface area (Å²) in [4.78, 5) is 0.132. The quantitative estimate of drug-likeness (QED) is 0.847. The molecule has 0 amide bonds. The van der Waals surface area contributed by atoms with Crippen LogP contribution in [-0.2, 0) is 4.74 Å². The maximum Gasteiger partial charge on any atom is 0.179 e. The van der Waals surface area contributed by atoms with Crippen LogP contribution in [0.5, 0.6) is 5.75 Å². The lowest BCUT2D eigenvalue weighted by Crippen LogP contribution is -2.19. The summed E-state index contributed by atoms with van der Waals surface area (Å²) in [6.45, 7) is 2.17. The van der Waals surface area contributed by atoms with Gasteiger partial charge in [-0.05, 0) is 35.0 Å². The first-order valence-corrected chi connectivity index (χ1v) is 6.11. The van der Waals surface area contributed by atoms with E-state index in [1.807, 2.05) is 0 Å². The topological polar surface area (TPSA) is 44.5 Å². The number of halogens is 2. The number of hydrogen-bond acceptors (Lipinski definition) is 3. The number of nitrogens with two attached hydrogens (primary N) is 1. The van der Waals surface area contributed by atoms with Crippen LogP contribution in [0, 0.1) is 5.82 Å². The Morgan fingerprint density at radius 2 is 2.24 bits per heavy atom. The molecule has 0 radical (unpaired) electrons. The van der Waals surface area contributed by atoms with Gasteiger partial charge >= 0.3 is 0 Å². The molecule has 0 saturated carbocycles. The van der Waals surface area contributed by atoms with Crippen LogP contribution in [0.3, 0.4) is 0 Å². The molecule has 1 aromatic rings. The number of hydrogen-bond donors (Lipinski definition) is 1. The maximum absolute atomic E-state index is 13.9. The van der Waals surface area contributed by atoms with Crippen molar-refractivity contribution >= 4 is 33.1 Å². The molecule has 0 heterocycles. The fourth-order valence-electron chi connectivity index (χ4n) is 1.30. The molecule has 0 aliphatic rings. The molecule has 1 atom stereocenters. The highest BCUT2D eigenvalue weighted by atomic mass is 79.9. The second-order valence-electron chi connectivity index (χ2n) is 3.49. The molecule has 6 heteroatoms. The zero-order chi connectivity index (χ0) is 13.0. The molecule has 3 nitrogen and oxygen atoms in total. The molecule has 1 aromatic carbocycles. The molecule has 0 aliphatic heterocycles. The number of thiocarbonyl (C=S) groups is 1. The van der Waals surface area contributed by atoms with Crippen molar-refractivity contribution in [2.75, 3.05) is 13.7 Å². The predicted octanol–water partition coefficient (Wildman–Crippen LogP) is 2.64. The Hall–Kier alpha value is -0.720. The monoisotopic (exact) mass is 321 g/mol. The van der Waals surface area contributed by atoms with Crippen molar-refractivity contribution < 1.29 is 13.9 Å². The summed E-state index contributed by atoms with van der Waals surface area (Å²) in [7, 11) is 1.56. The van der Waals surface area contributed by atoms with E-state index in [0.717, 1.165) is 0 Å². The van der Waals surface area contributed by atoms with Crippen LogP contribution in [0.15, 0.2) is 16.6 Å². The van der Waals surface area contributed by atoms with E-state index in [9.17, 15) is 4.39 Å². The van der Waals surface area contributed by atoms with E-state index in [-0.39, 0.29) is 21.3 Å². The van der Waals surface area contributed by atoms with Crippen molar-refractivity contribution in [1.29, 1.82) is 0 Å². The van der Waals surface area contributed by atoms with Gasteiger partial charge in [-0.1, -0.05) is 12.2 Å². The normalized spacial score (nSPS) is 12.2. The lowest BCUT2D eigenvalue weighted by Gasteiger charge is -2.15. The largest absolute Gasteiger partial charge is 0.485 e. The highest BCUT2D eigenvalue weighted by Gasteiger charge is 2.15. The van der Waals surface area contributed by atoms with Crippen molar-refractivity contribution in [3.63, 3.8) is 0 Å². The van der Waals surface area contributed by atoms with E-state index in [2.05, 4.69) is 15.9 Å². The minimum absolute atomic E-state index is 0.132. The average molecular weight is 322 g/mol. The van der Waals surface area contributed by atoms with Crippen LogP contribution in [0.1, 0.15) is 12.5 Å². The van der Waals surface area contributed by atoms with E-state index in [4.69, 9.17) is 27.4 Å². The molecule has 94 valence electrons. The summed E-state index contributed by atoms with van der Waals surface area (Å²) in [5, 5.41) is 0. The summed E-state index contributed by atoms with van der Waals surface area (Å²) < 4.78 is 24.4. The smallest absolute Gasteiger partial charge is 0.179 e. The third kappa shape index (κ3) is 3.62. The van der Waals surface area contributed by atoms with Crippen molar-refractivity contribution in [3.8, 4) is 5.75 Å². The number of methoxy groups -OCH3 is 1. The van der Waals surface area contributed by atoms with E-state index in [0.29, 0.717) is 12.2 Å². The molecule has 0 aromatic heterocycles. The van der Waals surface area contributed by atoms with Gasteiger partial charge in [0.2, 0.25) is 0 Å². The summed E-state index contributed by atoms with van der Waals surface area (Å²) in [6.07, 6.45) is -0.239. The van der Waals surface area contributed by atoms with Crippen LogP contribution in [-0.4, -0.2) is 24.8 Å². The van der Waals surface area contributed by atoms with Crippen molar-refractivity contribution in [1.82, 2.24) is 0 Å². The van der Waals surface area contributed by atoms with Gasteiger partial charge in [0.1, 0.15) is 11.1 Å². The van der Waals surface area contributed by atoms with Crippen LogP contribution >= 0.6 is 28.1 Å². The zero-order valence-corrected chi connectivity index (χ0v) is 11.9. The molecule has 0 fully saturated rings. The molecule has 0 saturated heterocycles. The first-order chi connectivity index (χ1) is 7.97. The second-order valence-corrected chi connectivity index (χ2v) is 4.72. The molecule has 2 N–H and O–H groups in total. The van der Waals surface area contributed by atoms with Gasteiger partial charge in [0.25, 0.3) is 0 Å². The van der Waals surface area contributed by atoms with E-state index in [1.54, 1.807) is 20.1 Å². The van der Waals surface area contributed by atoms with Gasteiger partial charge in [0.05, 0.1) is 11.1 Å². The molecular formula is C11H13BrFNO2S. The highest BCUT2D eigenvalue weighted by molar-refractivity contribution is 9.10. The zero-order valence-electron chi connectivity index (χ0n) is 9.50. The molecule has 0 spiro atoms. The van der Waals surface area contributed by atoms with Gasteiger partial charge in [-0.15, -0.1) is 0 Å². The molecule has 0 bridgehead atoms. The standard InChI is InChI=1S/C11H13BrFNO2S/c1-6(5-15-2)16-8-4-3-7(11(14)17)9(12)10(8)13/h3-4,6H,5H2,1-2H3,(H2,14,17). The van der Waals surface area contributed by atoms with Crippen LogP contribution in [0.25, 0.3) is 0 Å². The number of benzene rings is 1. The van der Waals surface area contributed by atoms with Gasteiger partial charge < -0.3 is 15.2 Å². The maximum atomic E-state index is 13.9. The molecule has 17 heavy (non-hydrogen) atoms. The summed E-state index contributed by atoms with van der Waals surface area (Å²) >= 11 is 7.91. The lowest BCUT2D eigenvalue weighted by molar-refractivity contribution is 0.0892. The SMILES string of the molecule is COCC(C)Oc1ccc(C(N)=S)c(Br)c1F. The van der Waals surface area contributed by atoms with Gasteiger partial charge in [-0.3, -0.25) is 0 Å². The predicted molar refractivity (Wildman–Crippen MR) is 72.0 cm³/mol. The molecular weight excluding hydrogens is 309 g/mol. The average Bonchev–Trinajstić information content (AvgIpc) is 2.25. The van der Waals surface area contributed by atoms with Gasteiger partial charge in [0.15, 0.2) is 11.6 Å². The van der Waals surface area contributed by atoms with Gasteiger partial charge in [-0.2, -0.15) is 0 Å². The highest BCUT2D eigenvalue weighted by Crippen LogP contribution is 2.29. The summed E-state index contributed by atoms with van der Waals surface area (Å²) in [6, 6.07) is 3.12. The van der Waals surface area contributed by atoms with Gasteiger partial charge in [0, 0.05) is 12.7 Å². The molecule has 1 rings (SSSR count). The Balaban J connectivity index is 2.96. The Bertz CT molecular complexity index is 428. The lowest BCUT2D eigenvalue weighted by atomic mass is 10.2. The summed E-state index contributed by atoms with van der Waals surface area (Å²) in [5.41, 5.74) is 5.90. The van der Waals surface area contributed by atoms with Crippen LogP contribution in [0.2, 0.25) is 0 Å². The third-order valence-electron chi connectivity index (χ3n) is 2.04. The summed E-state index contributed by atoms with van der Waals surface area (Å²) in [5.74, 6) is -0.375. The Labute approximate surface area is 113 Å². The first kappa shape index (κ1) is 14.3.